The lowest BCUT2D eigenvalue weighted by Crippen LogP contribution is -2.19. The van der Waals surface area contributed by atoms with E-state index in [2.05, 4.69) is 5.32 Å². The van der Waals surface area contributed by atoms with Crippen LogP contribution < -0.4 is 5.32 Å². The molecule has 1 aromatic rings. The lowest BCUT2D eigenvalue weighted by Gasteiger charge is -2.14. The lowest BCUT2D eigenvalue weighted by molar-refractivity contribution is -0.384. The molecule has 0 aromatic heterocycles. The SMILES string of the molecule is CCSCC(C)Nc1cc(F)c(Cl)cc1[N+](=O)[O-]. The molecule has 1 aromatic carbocycles. The fourth-order valence-corrected chi connectivity index (χ4v) is 2.24. The van der Waals surface area contributed by atoms with E-state index in [4.69, 9.17) is 11.6 Å². The van der Waals surface area contributed by atoms with Crippen molar-refractivity contribution in [2.75, 3.05) is 16.8 Å². The number of nitro groups is 1. The summed E-state index contributed by atoms with van der Waals surface area (Å²) in [5.74, 6) is 1.08. The van der Waals surface area contributed by atoms with Crippen LogP contribution in [0.3, 0.4) is 0 Å². The number of nitro benzene ring substituents is 1. The predicted octanol–water partition coefficient (Wildman–Crippen LogP) is 3.94. The van der Waals surface area contributed by atoms with Crippen LogP contribution in [0.2, 0.25) is 5.02 Å². The molecule has 1 N–H and O–H groups in total. The van der Waals surface area contributed by atoms with Gasteiger partial charge >= 0.3 is 0 Å². The molecular weight excluding hydrogens is 279 g/mol. The number of thioether (sulfide) groups is 1. The second-order valence-corrected chi connectivity index (χ2v) is 5.47. The summed E-state index contributed by atoms with van der Waals surface area (Å²) in [6.07, 6.45) is 0. The first-order chi connectivity index (χ1) is 8.45. The minimum Gasteiger partial charge on any atom is -0.376 e. The van der Waals surface area contributed by atoms with Crippen molar-refractivity contribution in [2.45, 2.75) is 19.9 Å². The van der Waals surface area contributed by atoms with Gasteiger partial charge in [-0.1, -0.05) is 18.5 Å². The molecule has 4 nitrogen and oxygen atoms in total. The highest BCUT2D eigenvalue weighted by molar-refractivity contribution is 7.99. The van der Waals surface area contributed by atoms with Crippen LogP contribution in [0.15, 0.2) is 12.1 Å². The van der Waals surface area contributed by atoms with Gasteiger partial charge in [0, 0.05) is 23.9 Å². The average Bonchev–Trinajstić information content (AvgIpc) is 2.30. The maximum absolute atomic E-state index is 13.3. The number of hydrogen-bond donors (Lipinski definition) is 1. The van der Waals surface area contributed by atoms with E-state index in [0.29, 0.717) is 0 Å². The van der Waals surface area contributed by atoms with Gasteiger partial charge in [0.25, 0.3) is 5.69 Å². The second kappa shape index (κ2) is 6.80. The van der Waals surface area contributed by atoms with E-state index >= 15 is 0 Å². The summed E-state index contributed by atoms with van der Waals surface area (Å²) in [6.45, 7) is 3.92. The molecule has 0 fully saturated rings. The van der Waals surface area contributed by atoms with Crippen molar-refractivity contribution in [1.82, 2.24) is 0 Å². The average molecular weight is 293 g/mol. The molecule has 0 heterocycles. The van der Waals surface area contributed by atoms with Crippen LogP contribution >= 0.6 is 23.4 Å². The van der Waals surface area contributed by atoms with Gasteiger partial charge < -0.3 is 5.32 Å². The van der Waals surface area contributed by atoms with E-state index in [-0.39, 0.29) is 22.4 Å². The molecule has 0 radical (unpaired) electrons. The Morgan fingerprint density at radius 3 is 2.83 bits per heavy atom. The zero-order valence-corrected chi connectivity index (χ0v) is 11.6. The van der Waals surface area contributed by atoms with Crippen molar-refractivity contribution in [2.24, 2.45) is 0 Å². The van der Waals surface area contributed by atoms with E-state index in [0.717, 1.165) is 23.6 Å². The van der Waals surface area contributed by atoms with Crippen molar-refractivity contribution in [3.05, 3.63) is 33.1 Å². The first-order valence-electron chi connectivity index (χ1n) is 5.43. The number of hydrogen-bond acceptors (Lipinski definition) is 4. The Labute approximate surface area is 114 Å². The molecule has 1 unspecified atom stereocenters. The third kappa shape index (κ3) is 4.03. The maximum Gasteiger partial charge on any atom is 0.294 e. The van der Waals surface area contributed by atoms with Gasteiger partial charge in [-0.2, -0.15) is 11.8 Å². The molecule has 0 saturated heterocycles. The fourth-order valence-electron chi connectivity index (χ4n) is 1.40. The largest absolute Gasteiger partial charge is 0.376 e. The topological polar surface area (TPSA) is 55.2 Å². The highest BCUT2D eigenvalue weighted by Gasteiger charge is 2.18. The molecule has 7 heteroatoms. The Hall–Kier alpha value is -1.01. The number of benzene rings is 1. The van der Waals surface area contributed by atoms with Crippen LogP contribution in [0.1, 0.15) is 13.8 Å². The monoisotopic (exact) mass is 292 g/mol. The van der Waals surface area contributed by atoms with E-state index in [9.17, 15) is 14.5 Å². The number of anilines is 1. The Morgan fingerprint density at radius 2 is 2.28 bits per heavy atom. The molecule has 0 bridgehead atoms. The van der Waals surface area contributed by atoms with Gasteiger partial charge in [0.05, 0.1) is 9.95 Å². The number of nitrogens with one attached hydrogen (secondary N) is 1. The molecule has 0 aliphatic carbocycles. The number of nitrogens with zero attached hydrogens (tertiary/aromatic N) is 1. The zero-order chi connectivity index (χ0) is 13.7. The van der Waals surface area contributed by atoms with E-state index in [1.54, 1.807) is 11.8 Å². The molecular formula is C11H14ClFN2O2S. The van der Waals surface area contributed by atoms with Gasteiger partial charge in [0.1, 0.15) is 11.5 Å². The fraction of sp³-hybridized carbons (Fsp3) is 0.455. The Kier molecular flexibility index (Phi) is 5.68. The van der Waals surface area contributed by atoms with Gasteiger partial charge in [0.15, 0.2) is 0 Å². The summed E-state index contributed by atoms with van der Waals surface area (Å²) < 4.78 is 13.3. The minimum absolute atomic E-state index is 0.00854. The molecule has 0 amide bonds. The first kappa shape index (κ1) is 15.0. The minimum atomic E-state index is -0.667. The highest BCUT2D eigenvalue weighted by atomic mass is 35.5. The normalized spacial score (nSPS) is 12.2. The smallest absolute Gasteiger partial charge is 0.294 e. The summed E-state index contributed by atoms with van der Waals surface area (Å²) in [6, 6.07) is 2.10. The van der Waals surface area contributed by atoms with Gasteiger partial charge in [0.2, 0.25) is 0 Å². The van der Waals surface area contributed by atoms with Gasteiger partial charge in [-0.05, 0) is 12.7 Å². The Bertz CT molecular complexity index is 445. The van der Waals surface area contributed by atoms with Gasteiger partial charge in [-0.25, -0.2) is 4.39 Å². The summed E-state index contributed by atoms with van der Waals surface area (Å²) >= 11 is 7.24. The predicted molar refractivity (Wildman–Crippen MR) is 74.1 cm³/mol. The van der Waals surface area contributed by atoms with Crippen LogP contribution in [0.25, 0.3) is 0 Å². The van der Waals surface area contributed by atoms with Crippen molar-refractivity contribution in [3.63, 3.8) is 0 Å². The number of halogens is 2. The quantitative estimate of drug-likeness (QED) is 0.637. The van der Waals surface area contributed by atoms with E-state index < -0.39 is 10.7 Å². The maximum atomic E-state index is 13.3. The Balaban J connectivity index is 2.93. The Morgan fingerprint density at radius 1 is 1.61 bits per heavy atom. The van der Waals surface area contributed by atoms with E-state index in [1.807, 2.05) is 13.8 Å². The van der Waals surface area contributed by atoms with Crippen molar-refractivity contribution in [3.8, 4) is 0 Å². The van der Waals surface area contributed by atoms with E-state index in [1.165, 1.54) is 0 Å². The molecule has 18 heavy (non-hydrogen) atoms. The standard InChI is InChI=1S/C11H14ClFN2O2S/c1-3-18-6-7(2)14-10-5-9(13)8(12)4-11(10)15(16)17/h4-5,7,14H,3,6H2,1-2H3. The third-order valence-corrected chi connectivity index (χ3v) is 3.64. The first-order valence-corrected chi connectivity index (χ1v) is 6.96. The molecule has 0 spiro atoms. The molecule has 1 rings (SSSR count). The zero-order valence-electron chi connectivity index (χ0n) is 10.1. The van der Waals surface area contributed by atoms with Crippen molar-refractivity contribution < 1.29 is 9.31 Å². The van der Waals surface area contributed by atoms with Crippen molar-refractivity contribution in [1.29, 1.82) is 0 Å². The molecule has 1 atom stereocenters. The molecule has 0 aliphatic heterocycles. The summed E-state index contributed by atoms with van der Waals surface area (Å²) in [4.78, 5) is 10.3. The van der Waals surface area contributed by atoms with Gasteiger partial charge in [-0.15, -0.1) is 0 Å². The second-order valence-electron chi connectivity index (χ2n) is 3.75. The van der Waals surface area contributed by atoms with Gasteiger partial charge in [-0.3, -0.25) is 10.1 Å². The van der Waals surface area contributed by atoms with Crippen LogP contribution in [-0.4, -0.2) is 22.5 Å². The number of rotatable bonds is 6. The highest BCUT2D eigenvalue weighted by Crippen LogP contribution is 2.30. The summed E-state index contributed by atoms with van der Waals surface area (Å²) in [5.41, 5.74) is -0.0548. The van der Waals surface area contributed by atoms with Crippen LogP contribution in [-0.2, 0) is 0 Å². The lowest BCUT2D eigenvalue weighted by atomic mass is 10.2. The summed E-state index contributed by atoms with van der Waals surface area (Å²) in [5, 5.41) is 13.5. The molecule has 0 aliphatic rings. The molecule has 100 valence electrons. The third-order valence-electron chi connectivity index (χ3n) is 2.21. The van der Waals surface area contributed by atoms with Crippen molar-refractivity contribution >= 4 is 34.7 Å². The van der Waals surface area contributed by atoms with Crippen LogP contribution in [0.4, 0.5) is 15.8 Å². The molecule has 0 saturated carbocycles. The van der Waals surface area contributed by atoms with Crippen LogP contribution in [0, 0.1) is 15.9 Å². The summed E-state index contributed by atoms with van der Waals surface area (Å²) in [7, 11) is 0. The van der Waals surface area contributed by atoms with Crippen LogP contribution in [0.5, 0.6) is 0 Å².